The summed E-state index contributed by atoms with van der Waals surface area (Å²) in [6.45, 7) is 0. The number of halogens is 2. The normalized spacial score (nSPS) is 15.2. The zero-order valence-electron chi connectivity index (χ0n) is 8.09. The van der Waals surface area contributed by atoms with Crippen LogP contribution < -0.4 is 0 Å². The number of hydrogen-bond donors (Lipinski definition) is 0. The summed E-state index contributed by atoms with van der Waals surface area (Å²) in [4.78, 5) is 11.8. The van der Waals surface area contributed by atoms with Crippen LogP contribution in [0.1, 0.15) is 29.6 Å². The minimum absolute atomic E-state index is 0.189. The lowest BCUT2D eigenvalue weighted by Crippen LogP contribution is -2.02. The number of rotatable bonds is 2. The van der Waals surface area contributed by atoms with Crippen molar-refractivity contribution in [3.8, 4) is 0 Å². The fourth-order valence-electron chi connectivity index (χ4n) is 1.70. The molecule has 0 saturated heterocycles. The molecule has 0 amide bonds. The molecule has 0 fully saturated rings. The molecule has 0 heterocycles. The second kappa shape index (κ2) is 3.93. The molecule has 0 spiro atoms. The number of hydrogen-bond acceptors (Lipinski definition) is 1. The SMILES string of the molecule is O=C(C1=CCCC1)c1ccc(F)c(F)c1. The Morgan fingerprint density at radius 2 is 2.00 bits per heavy atom. The van der Waals surface area contributed by atoms with Crippen LogP contribution in [0.4, 0.5) is 8.78 Å². The molecule has 0 atom stereocenters. The first-order valence-corrected chi connectivity index (χ1v) is 4.87. The molecule has 1 aromatic rings. The van der Waals surface area contributed by atoms with Gasteiger partial charge in [-0.25, -0.2) is 8.78 Å². The van der Waals surface area contributed by atoms with Crippen LogP contribution >= 0.6 is 0 Å². The van der Waals surface area contributed by atoms with Gasteiger partial charge in [0.15, 0.2) is 17.4 Å². The second-order valence-electron chi connectivity index (χ2n) is 3.58. The summed E-state index contributed by atoms with van der Waals surface area (Å²) in [5.74, 6) is -2.09. The van der Waals surface area contributed by atoms with Gasteiger partial charge in [-0.05, 0) is 43.0 Å². The molecule has 1 aliphatic rings. The van der Waals surface area contributed by atoms with Crippen molar-refractivity contribution in [1.82, 2.24) is 0 Å². The van der Waals surface area contributed by atoms with E-state index >= 15 is 0 Å². The molecule has 78 valence electrons. The van der Waals surface area contributed by atoms with E-state index in [4.69, 9.17) is 0 Å². The van der Waals surface area contributed by atoms with Crippen LogP contribution in [0.3, 0.4) is 0 Å². The van der Waals surface area contributed by atoms with Gasteiger partial charge in [-0.2, -0.15) is 0 Å². The summed E-state index contributed by atoms with van der Waals surface area (Å²) >= 11 is 0. The molecule has 0 unspecified atom stereocenters. The van der Waals surface area contributed by atoms with E-state index in [0.29, 0.717) is 5.57 Å². The number of carbonyl (C=O) groups excluding carboxylic acids is 1. The van der Waals surface area contributed by atoms with Crippen molar-refractivity contribution < 1.29 is 13.6 Å². The predicted molar refractivity (Wildman–Crippen MR) is 52.6 cm³/mol. The van der Waals surface area contributed by atoms with Crippen molar-refractivity contribution in [2.24, 2.45) is 0 Å². The topological polar surface area (TPSA) is 17.1 Å². The third-order valence-electron chi connectivity index (χ3n) is 2.51. The lowest BCUT2D eigenvalue weighted by molar-refractivity contribution is 0.103. The van der Waals surface area contributed by atoms with Crippen LogP contribution in [0.15, 0.2) is 29.8 Å². The van der Waals surface area contributed by atoms with Gasteiger partial charge >= 0.3 is 0 Å². The Morgan fingerprint density at radius 1 is 1.20 bits per heavy atom. The van der Waals surface area contributed by atoms with Crippen LogP contribution in [-0.2, 0) is 0 Å². The summed E-state index contributed by atoms with van der Waals surface area (Å²) in [6, 6.07) is 3.26. The highest BCUT2D eigenvalue weighted by Crippen LogP contribution is 2.22. The molecule has 2 rings (SSSR count). The molecule has 0 aliphatic heterocycles. The molecule has 1 aliphatic carbocycles. The summed E-state index contributed by atoms with van der Waals surface area (Å²) < 4.78 is 25.5. The molecule has 0 saturated carbocycles. The first-order valence-electron chi connectivity index (χ1n) is 4.87. The van der Waals surface area contributed by atoms with E-state index in [2.05, 4.69) is 0 Å². The quantitative estimate of drug-likeness (QED) is 0.682. The van der Waals surface area contributed by atoms with Gasteiger partial charge in [-0.3, -0.25) is 4.79 Å². The summed E-state index contributed by atoms with van der Waals surface area (Å²) in [5, 5.41) is 0. The lowest BCUT2D eigenvalue weighted by atomic mass is 10.0. The van der Waals surface area contributed by atoms with Crippen molar-refractivity contribution in [3.63, 3.8) is 0 Å². The second-order valence-corrected chi connectivity index (χ2v) is 3.58. The van der Waals surface area contributed by atoms with Crippen molar-refractivity contribution >= 4 is 5.78 Å². The maximum atomic E-state index is 12.9. The highest BCUT2D eigenvalue weighted by molar-refractivity contribution is 6.08. The molecular formula is C12H10F2O. The summed E-state index contributed by atoms with van der Waals surface area (Å²) in [6.07, 6.45) is 4.46. The van der Waals surface area contributed by atoms with Gasteiger partial charge in [0, 0.05) is 5.56 Å². The van der Waals surface area contributed by atoms with E-state index in [1.165, 1.54) is 6.07 Å². The van der Waals surface area contributed by atoms with Crippen molar-refractivity contribution in [1.29, 1.82) is 0 Å². The van der Waals surface area contributed by atoms with Crippen LogP contribution in [0, 0.1) is 11.6 Å². The largest absolute Gasteiger partial charge is 0.289 e. The number of ketones is 1. The molecule has 0 radical (unpaired) electrons. The van der Waals surface area contributed by atoms with Crippen LogP contribution in [0.5, 0.6) is 0 Å². The van der Waals surface area contributed by atoms with Gasteiger partial charge in [-0.1, -0.05) is 6.08 Å². The third kappa shape index (κ3) is 1.96. The zero-order valence-corrected chi connectivity index (χ0v) is 8.09. The highest BCUT2D eigenvalue weighted by Gasteiger charge is 2.16. The Bertz CT molecular complexity index is 435. The van der Waals surface area contributed by atoms with Gasteiger partial charge in [0.25, 0.3) is 0 Å². The Labute approximate surface area is 86.4 Å². The Hall–Kier alpha value is -1.51. The monoisotopic (exact) mass is 208 g/mol. The Kier molecular flexibility index (Phi) is 2.62. The summed E-state index contributed by atoms with van der Waals surface area (Å²) in [7, 11) is 0. The molecule has 1 aromatic carbocycles. The van der Waals surface area contributed by atoms with E-state index in [1.54, 1.807) is 0 Å². The molecule has 0 bridgehead atoms. The fourth-order valence-corrected chi connectivity index (χ4v) is 1.70. The molecule has 15 heavy (non-hydrogen) atoms. The molecular weight excluding hydrogens is 198 g/mol. The Morgan fingerprint density at radius 3 is 2.60 bits per heavy atom. The maximum absolute atomic E-state index is 12.9. The van der Waals surface area contributed by atoms with Crippen LogP contribution in [0.2, 0.25) is 0 Å². The van der Waals surface area contributed by atoms with Gasteiger partial charge < -0.3 is 0 Å². The van der Waals surface area contributed by atoms with Crippen LogP contribution in [0.25, 0.3) is 0 Å². The smallest absolute Gasteiger partial charge is 0.188 e. The average Bonchev–Trinajstić information content (AvgIpc) is 2.74. The fraction of sp³-hybridized carbons (Fsp3) is 0.250. The maximum Gasteiger partial charge on any atom is 0.188 e. The number of Topliss-reactive ketones (excluding diaryl/α,β-unsaturated/α-hetero) is 1. The van der Waals surface area contributed by atoms with Gasteiger partial charge in [0.1, 0.15) is 0 Å². The van der Waals surface area contributed by atoms with E-state index in [-0.39, 0.29) is 11.3 Å². The van der Waals surface area contributed by atoms with Gasteiger partial charge in [0.2, 0.25) is 0 Å². The zero-order chi connectivity index (χ0) is 10.8. The Balaban J connectivity index is 2.29. The summed E-state index contributed by atoms with van der Waals surface area (Å²) in [5.41, 5.74) is 0.933. The molecule has 1 nitrogen and oxygen atoms in total. The van der Waals surface area contributed by atoms with Crippen molar-refractivity contribution in [3.05, 3.63) is 47.0 Å². The first kappa shape index (κ1) is 10.0. The van der Waals surface area contributed by atoms with E-state index < -0.39 is 11.6 Å². The van der Waals surface area contributed by atoms with Crippen molar-refractivity contribution in [2.75, 3.05) is 0 Å². The highest BCUT2D eigenvalue weighted by atomic mass is 19.2. The van der Waals surface area contributed by atoms with E-state index in [1.807, 2.05) is 6.08 Å². The third-order valence-corrected chi connectivity index (χ3v) is 2.51. The van der Waals surface area contributed by atoms with E-state index in [9.17, 15) is 13.6 Å². The van der Waals surface area contributed by atoms with Crippen molar-refractivity contribution in [2.45, 2.75) is 19.3 Å². The molecule has 0 aromatic heterocycles. The molecule has 3 heteroatoms. The first-order chi connectivity index (χ1) is 7.18. The lowest BCUT2D eigenvalue weighted by Gasteiger charge is -2.01. The van der Waals surface area contributed by atoms with Gasteiger partial charge in [-0.15, -0.1) is 0 Å². The standard InChI is InChI=1S/C12H10F2O/c13-10-6-5-9(7-11(10)14)12(15)8-3-1-2-4-8/h3,5-7H,1-2,4H2. The van der Waals surface area contributed by atoms with Crippen LogP contribution in [-0.4, -0.2) is 5.78 Å². The number of carbonyl (C=O) groups is 1. The average molecular weight is 208 g/mol. The van der Waals surface area contributed by atoms with E-state index in [0.717, 1.165) is 31.4 Å². The number of benzene rings is 1. The number of allylic oxidation sites excluding steroid dienone is 2. The molecule has 0 N–H and O–H groups in total. The minimum Gasteiger partial charge on any atom is -0.289 e. The predicted octanol–water partition coefficient (Wildman–Crippen LogP) is 3.26. The minimum atomic E-state index is -0.973. The van der Waals surface area contributed by atoms with Gasteiger partial charge in [0.05, 0.1) is 0 Å².